The lowest BCUT2D eigenvalue weighted by Crippen LogP contribution is -2.39. The number of sulfonamides is 1. The predicted octanol–water partition coefficient (Wildman–Crippen LogP) is 0.133. The first kappa shape index (κ1) is 12.2. The van der Waals surface area contributed by atoms with Crippen LogP contribution in [0.4, 0.5) is 4.79 Å². The maximum atomic E-state index is 11.5. The van der Waals surface area contributed by atoms with Crippen LogP contribution in [-0.4, -0.2) is 19.6 Å². The van der Waals surface area contributed by atoms with E-state index in [2.05, 4.69) is 5.73 Å². The minimum Gasteiger partial charge on any atom is -0.351 e. The van der Waals surface area contributed by atoms with Crippen LogP contribution in [0.15, 0.2) is 24.3 Å². The summed E-state index contributed by atoms with van der Waals surface area (Å²) < 4.78 is 23.9. The number of carbonyl (C=O) groups is 2. The number of hydrogen-bond acceptors (Lipinski definition) is 4. The third-order valence-corrected chi connectivity index (χ3v) is 2.96. The smallest absolute Gasteiger partial charge is 0.326 e. The number of carbonyl (C=O) groups excluding carboxylic acids is 2. The van der Waals surface area contributed by atoms with E-state index in [1.54, 1.807) is 19.1 Å². The number of primary amides is 1. The highest BCUT2D eigenvalue weighted by molar-refractivity contribution is 8.05. The molecule has 2 amide bonds. The molecule has 6 nitrogen and oxygen atoms in total. The zero-order chi connectivity index (χ0) is 12.3. The number of amides is 2. The van der Waals surface area contributed by atoms with Gasteiger partial charge in [-0.25, -0.2) is 9.52 Å². The molecule has 0 aliphatic carbocycles. The number of nitrogens with one attached hydrogen (secondary N) is 1. The number of rotatable bonds is 1. The van der Waals surface area contributed by atoms with Gasteiger partial charge in [-0.2, -0.15) is 8.42 Å². The molecular formula is C9H10N2O4S. The van der Waals surface area contributed by atoms with Crippen molar-refractivity contribution >= 4 is 21.2 Å². The van der Waals surface area contributed by atoms with E-state index in [0.29, 0.717) is 0 Å². The van der Waals surface area contributed by atoms with E-state index in [4.69, 9.17) is 0 Å². The molecule has 0 fully saturated rings. The van der Waals surface area contributed by atoms with E-state index in [0.717, 1.165) is 5.56 Å². The quantitative estimate of drug-likeness (QED) is 0.730. The summed E-state index contributed by atoms with van der Waals surface area (Å²) in [6.45, 7) is 1.80. The topological polar surface area (TPSA) is 106 Å². The maximum Gasteiger partial charge on any atom is 0.326 e. The lowest BCUT2D eigenvalue weighted by molar-refractivity contribution is 0.107. The van der Waals surface area contributed by atoms with Gasteiger partial charge in [0.05, 0.1) is 0 Å². The van der Waals surface area contributed by atoms with Crippen molar-refractivity contribution in [3.8, 4) is 0 Å². The van der Waals surface area contributed by atoms with Crippen molar-refractivity contribution in [2.24, 2.45) is 5.73 Å². The van der Waals surface area contributed by atoms with Crippen LogP contribution in [0.1, 0.15) is 15.9 Å². The van der Waals surface area contributed by atoms with Crippen molar-refractivity contribution < 1.29 is 18.0 Å². The average Bonchev–Trinajstić information content (AvgIpc) is 2.16. The standard InChI is InChI=1S/C9H10N2O4S/c1-6-2-4-7(5-3-6)8(12)16(14,15)11-9(10)13/h2-5H,1H3,(H3,10,11,13). The van der Waals surface area contributed by atoms with Gasteiger partial charge in [0.15, 0.2) is 0 Å². The summed E-state index contributed by atoms with van der Waals surface area (Å²) in [6.07, 6.45) is 0. The van der Waals surface area contributed by atoms with E-state index >= 15 is 0 Å². The second-order valence-electron chi connectivity index (χ2n) is 3.12. The Labute approximate surface area is 92.5 Å². The molecule has 1 aromatic carbocycles. The highest BCUT2D eigenvalue weighted by Gasteiger charge is 2.24. The molecule has 0 bridgehead atoms. The number of hydrogen-bond donors (Lipinski definition) is 2. The Balaban J connectivity index is 3.03. The van der Waals surface area contributed by atoms with E-state index in [1.807, 2.05) is 0 Å². The molecule has 0 aliphatic rings. The molecule has 1 aromatic rings. The van der Waals surface area contributed by atoms with Gasteiger partial charge in [0.1, 0.15) is 0 Å². The van der Waals surface area contributed by atoms with Crippen molar-refractivity contribution in [3.05, 3.63) is 35.4 Å². The summed E-state index contributed by atoms with van der Waals surface area (Å²) in [4.78, 5) is 21.8. The molecule has 0 heterocycles. The lowest BCUT2D eigenvalue weighted by Gasteiger charge is -2.03. The Bertz CT molecular complexity index is 519. The van der Waals surface area contributed by atoms with E-state index in [-0.39, 0.29) is 5.56 Å². The number of aryl methyl sites for hydroxylation is 1. The first-order valence-electron chi connectivity index (χ1n) is 4.26. The molecule has 0 unspecified atom stereocenters. The van der Waals surface area contributed by atoms with Crippen molar-refractivity contribution in [1.82, 2.24) is 4.72 Å². The summed E-state index contributed by atoms with van der Waals surface area (Å²) in [5, 5.41) is -1.19. The van der Waals surface area contributed by atoms with Crippen molar-refractivity contribution in [2.45, 2.75) is 6.92 Å². The molecule has 0 spiro atoms. The Morgan fingerprint density at radius 2 is 1.69 bits per heavy atom. The van der Waals surface area contributed by atoms with Gasteiger partial charge in [0, 0.05) is 5.56 Å². The van der Waals surface area contributed by atoms with Crippen molar-refractivity contribution in [3.63, 3.8) is 0 Å². The second kappa shape index (κ2) is 4.31. The van der Waals surface area contributed by atoms with Gasteiger partial charge in [-0.1, -0.05) is 17.7 Å². The molecule has 0 saturated heterocycles. The normalized spacial score (nSPS) is 10.8. The average molecular weight is 242 g/mol. The fraction of sp³-hybridized carbons (Fsp3) is 0.111. The zero-order valence-electron chi connectivity index (χ0n) is 8.43. The zero-order valence-corrected chi connectivity index (χ0v) is 9.24. The van der Waals surface area contributed by atoms with Crippen LogP contribution in [0, 0.1) is 6.92 Å². The van der Waals surface area contributed by atoms with Crippen LogP contribution >= 0.6 is 0 Å². The Hall–Kier alpha value is -1.89. The van der Waals surface area contributed by atoms with Crippen LogP contribution in [-0.2, 0) is 10.0 Å². The Morgan fingerprint density at radius 1 is 1.19 bits per heavy atom. The van der Waals surface area contributed by atoms with Crippen LogP contribution in [0.3, 0.4) is 0 Å². The molecule has 16 heavy (non-hydrogen) atoms. The lowest BCUT2D eigenvalue weighted by atomic mass is 10.2. The van der Waals surface area contributed by atoms with E-state index < -0.39 is 21.2 Å². The van der Waals surface area contributed by atoms with Gasteiger partial charge in [0.2, 0.25) is 0 Å². The Morgan fingerprint density at radius 3 is 2.12 bits per heavy atom. The summed E-state index contributed by atoms with van der Waals surface area (Å²) in [5.74, 6) is 0. The van der Waals surface area contributed by atoms with Crippen LogP contribution in [0.25, 0.3) is 0 Å². The predicted molar refractivity (Wildman–Crippen MR) is 57.1 cm³/mol. The molecular weight excluding hydrogens is 232 g/mol. The summed E-state index contributed by atoms with van der Waals surface area (Å²) in [5.41, 5.74) is 5.49. The minimum absolute atomic E-state index is 0.0284. The van der Waals surface area contributed by atoms with Gasteiger partial charge >= 0.3 is 16.1 Å². The van der Waals surface area contributed by atoms with Gasteiger partial charge in [-0.05, 0) is 19.1 Å². The van der Waals surface area contributed by atoms with Gasteiger partial charge in [0.25, 0.3) is 5.12 Å². The summed E-state index contributed by atoms with van der Waals surface area (Å²) in [6, 6.07) is 4.61. The number of benzene rings is 1. The van der Waals surface area contributed by atoms with Crippen LogP contribution in [0.2, 0.25) is 0 Å². The molecule has 3 N–H and O–H groups in total. The second-order valence-corrected chi connectivity index (χ2v) is 4.71. The minimum atomic E-state index is -4.39. The molecule has 0 radical (unpaired) electrons. The van der Waals surface area contributed by atoms with E-state index in [9.17, 15) is 18.0 Å². The first-order chi connectivity index (χ1) is 7.33. The van der Waals surface area contributed by atoms with Crippen LogP contribution < -0.4 is 10.5 Å². The van der Waals surface area contributed by atoms with Crippen molar-refractivity contribution in [1.29, 1.82) is 0 Å². The highest BCUT2D eigenvalue weighted by Crippen LogP contribution is 2.07. The van der Waals surface area contributed by atoms with E-state index in [1.165, 1.54) is 16.9 Å². The maximum absolute atomic E-state index is 11.5. The molecule has 1 rings (SSSR count). The highest BCUT2D eigenvalue weighted by atomic mass is 32.2. The van der Waals surface area contributed by atoms with Crippen LogP contribution in [0.5, 0.6) is 0 Å². The molecule has 86 valence electrons. The monoisotopic (exact) mass is 242 g/mol. The largest absolute Gasteiger partial charge is 0.351 e. The van der Waals surface area contributed by atoms with Crippen molar-refractivity contribution in [2.75, 3.05) is 0 Å². The van der Waals surface area contributed by atoms with Gasteiger partial charge in [-0.3, -0.25) is 4.79 Å². The third-order valence-electron chi connectivity index (χ3n) is 1.77. The molecule has 7 heteroatoms. The van der Waals surface area contributed by atoms with Gasteiger partial charge in [-0.15, -0.1) is 0 Å². The molecule has 0 aromatic heterocycles. The summed E-state index contributed by atoms with van der Waals surface area (Å²) in [7, 11) is -4.39. The van der Waals surface area contributed by atoms with Gasteiger partial charge < -0.3 is 5.73 Å². The molecule has 0 atom stereocenters. The molecule has 0 aliphatic heterocycles. The Kier molecular flexibility index (Phi) is 3.28. The number of urea groups is 1. The number of nitrogens with two attached hydrogens (primary N) is 1. The summed E-state index contributed by atoms with van der Waals surface area (Å²) >= 11 is 0. The SMILES string of the molecule is Cc1ccc(C(=O)S(=O)(=O)NC(N)=O)cc1. The first-order valence-corrected chi connectivity index (χ1v) is 5.74. The fourth-order valence-corrected chi connectivity index (χ4v) is 1.83. The fourth-order valence-electron chi connectivity index (χ4n) is 1.02. The molecule has 0 saturated carbocycles. The third kappa shape index (κ3) is 2.80.